The summed E-state index contributed by atoms with van der Waals surface area (Å²) in [6, 6.07) is 6.09. The van der Waals surface area contributed by atoms with Crippen LogP contribution in [0.2, 0.25) is 0 Å². The van der Waals surface area contributed by atoms with Crippen molar-refractivity contribution in [3.05, 3.63) is 45.9 Å². The average molecular weight is 338 g/mol. The fourth-order valence-electron chi connectivity index (χ4n) is 1.78. The van der Waals surface area contributed by atoms with Crippen LogP contribution in [0.5, 0.6) is 0 Å². The van der Waals surface area contributed by atoms with Crippen molar-refractivity contribution in [2.75, 3.05) is 12.8 Å². The van der Waals surface area contributed by atoms with E-state index in [1.165, 1.54) is 36.1 Å². The molecule has 0 spiro atoms. The van der Waals surface area contributed by atoms with Crippen LogP contribution < -0.4 is 5.73 Å². The Kier molecular flexibility index (Phi) is 3.77. The number of rotatable bonds is 2. The highest BCUT2D eigenvalue weighted by Gasteiger charge is 2.23. The lowest BCUT2D eigenvalue weighted by Gasteiger charge is -2.09. The SMILES string of the molecule is COC(=O)c1c(N)c(C#N)cn1-c1cc(Br)ccc1F. The zero-order valence-electron chi connectivity index (χ0n) is 10.4. The van der Waals surface area contributed by atoms with Crippen LogP contribution in [0.3, 0.4) is 0 Å². The third kappa shape index (κ3) is 2.26. The number of ether oxygens (including phenoxy) is 1. The first kappa shape index (κ1) is 14.1. The molecule has 2 rings (SSSR count). The Hall–Kier alpha value is -2.33. The number of nitriles is 1. The summed E-state index contributed by atoms with van der Waals surface area (Å²) in [5, 5.41) is 8.98. The van der Waals surface area contributed by atoms with Crippen molar-refractivity contribution in [3.8, 4) is 11.8 Å². The Morgan fingerprint density at radius 1 is 1.55 bits per heavy atom. The molecule has 0 fully saturated rings. The molecule has 0 amide bonds. The number of methoxy groups -OCH3 is 1. The fourth-order valence-corrected chi connectivity index (χ4v) is 2.12. The molecule has 1 aromatic heterocycles. The lowest BCUT2D eigenvalue weighted by atomic mass is 10.2. The third-order valence-electron chi connectivity index (χ3n) is 2.71. The zero-order chi connectivity index (χ0) is 14.9. The number of benzene rings is 1. The van der Waals surface area contributed by atoms with Gasteiger partial charge in [-0.25, -0.2) is 9.18 Å². The first-order valence-corrected chi connectivity index (χ1v) is 6.23. The molecule has 0 aliphatic rings. The van der Waals surface area contributed by atoms with Gasteiger partial charge in [0.2, 0.25) is 0 Å². The minimum atomic E-state index is -0.747. The molecule has 0 radical (unpaired) electrons. The average Bonchev–Trinajstić information content (AvgIpc) is 2.77. The second kappa shape index (κ2) is 5.35. The molecule has 0 saturated heterocycles. The number of aromatic nitrogens is 1. The molecule has 0 saturated carbocycles. The van der Waals surface area contributed by atoms with Gasteiger partial charge in [-0.05, 0) is 18.2 Å². The number of hydrogen-bond donors (Lipinski definition) is 1. The van der Waals surface area contributed by atoms with Crippen LogP contribution in [0.1, 0.15) is 16.1 Å². The summed E-state index contributed by atoms with van der Waals surface area (Å²) in [6.45, 7) is 0. The second-order valence-corrected chi connectivity index (χ2v) is 4.79. The predicted molar refractivity (Wildman–Crippen MR) is 73.9 cm³/mol. The van der Waals surface area contributed by atoms with Gasteiger partial charge in [0.25, 0.3) is 0 Å². The highest BCUT2D eigenvalue weighted by molar-refractivity contribution is 9.10. The Balaban J connectivity index is 2.77. The summed E-state index contributed by atoms with van der Waals surface area (Å²) in [4.78, 5) is 11.8. The van der Waals surface area contributed by atoms with Gasteiger partial charge in [-0.2, -0.15) is 5.26 Å². The molecule has 20 heavy (non-hydrogen) atoms. The van der Waals surface area contributed by atoms with Crippen molar-refractivity contribution >= 4 is 27.6 Å². The van der Waals surface area contributed by atoms with E-state index in [9.17, 15) is 9.18 Å². The first-order chi connectivity index (χ1) is 9.49. The molecule has 0 aliphatic heterocycles. The lowest BCUT2D eigenvalue weighted by Crippen LogP contribution is -2.12. The Bertz CT molecular complexity index is 734. The summed E-state index contributed by atoms with van der Waals surface area (Å²) in [5.74, 6) is -1.30. The number of nitrogen functional groups attached to an aromatic ring is 1. The Labute approximate surface area is 122 Å². The number of esters is 1. The summed E-state index contributed by atoms with van der Waals surface area (Å²) in [6.07, 6.45) is 1.30. The quantitative estimate of drug-likeness (QED) is 0.854. The van der Waals surface area contributed by atoms with E-state index in [4.69, 9.17) is 11.0 Å². The van der Waals surface area contributed by atoms with Crippen LogP contribution in [-0.2, 0) is 4.74 Å². The lowest BCUT2D eigenvalue weighted by molar-refractivity contribution is 0.0593. The molecule has 0 unspecified atom stereocenters. The minimum absolute atomic E-state index is 0.0428. The molecule has 1 aromatic carbocycles. The van der Waals surface area contributed by atoms with Gasteiger partial charge in [-0.1, -0.05) is 15.9 Å². The molecular formula is C13H9BrFN3O2. The van der Waals surface area contributed by atoms with Gasteiger partial charge in [0.05, 0.1) is 24.0 Å². The van der Waals surface area contributed by atoms with Crippen molar-refractivity contribution in [2.24, 2.45) is 0 Å². The van der Waals surface area contributed by atoms with Crippen LogP contribution in [0, 0.1) is 17.1 Å². The molecule has 0 atom stereocenters. The van der Waals surface area contributed by atoms with Crippen molar-refractivity contribution in [2.45, 2.75) is 0 Å². The van der Waals surface area contributed by atoms with Gasteiger partial charge in [0, 0.05) is 10.7 Å². The maximum Gasteiger partial charge on any atom is 0.357 e. The van der Waals surface area contributed by atoms with Gasteiger partial charge >= 0.3 is 5.97 Å². The summed E-state index contributed by atoms with van der Waals surface area (Å²) >= 11 is 3.22. The molecular weight excluding hydrogens is 329 g/mol. The van der Waals surface area contributed by atoms with E-state index in [-0.39, 0.29) is 22.6 Å². The Morgan fingerprint density at radius 2 is 2.25 bits per heavy atom. The maximum absolute atomic E-state index is 13.9. The zero-order valence-corrected chi connectivity index (χ0v) is 11.9. The van der Waals surface area contributed by atoms with E-state index < -0.39 is 11.8 Å². The predicted octanol–water partition coefficient (Wildman–Crippen LogP) is 2.62. The minimum Gasteiger partial charge on any atom is -0.464 e. The summed E-state index contributed by atoms with van der Waals surface area (Å²) in [7, 11) is 1.18. The van der Waals surface area contributed by atoms with Crippen LogP contribution in [-0.4, -0.2) is 17.6 Å². The second-order valence-electron chi connectivity index (χ2n) is 3.87. The number of halogens is 2. The molecule has 102 valence electrons. The normalized spacial score (nSPS) is 10.1. The number of nitrogens with two attached hydrogens (primary N) is 1. The monoisotopic (exact) mass is 337 g/mol. The number of nitrogens with zero attached hydrogens (tertiary/aromatic N) is 2. The van der Waals surface area contributed by atoms with E-state index in [1.54, 1.807) is 0 Å². The number of anilines is 1. The topological polar surface area (TPSA) is 81.0 Å². The molecule has 0 aliphatic carbocycles. The smallest absolute Gasteiger partial charge is 0.357 e. The van der Waals surface area contributed by atoms with E-state index in [1.807, 2.05) is 6.07 Å². The number of carbonyl (C=O) groups excluding carboxylic acids is 1. The standard InChI is InChI=1S/C13H9BrFN3O2/c1-20-13(19)12-11(17)7(5-16)6-18(12)10-4-8(14)2-3-9(10)15/h2-4,6H,17H2,1H3. The van der Waals surface area contributed by atoms with E-state index >= 15 is 0 Å². The van der Waals surface area contributed by atoms with E-state index in [0.29, 0.717) is 4.47 Å². The fraction of sp³-hybridized carbons (Fsp3) is 0.0769. The van der Waals surface area contributed by atoms with Gasteiger partial charge in [0.15, 0.2) is 5.69 Å². The maximum atomic E-state index is 13.9. The molecule has 0 bridgehead atoms. The van der Waals surface area contributed by atoms with Crippen LogP contribution in [0.25, 0.3) is 5.69 Å². The molecule has 7 heteroatoms. The van der Waals surface area contributed by atoms with Crippen molar-refractivity contribution in [3.63, 3.8) is 0 Å². The molecule has 2 aromatic rings. The van der Waals surface area contributed by atoms with Gasteiger partial charge < -0.3 is 15.0 Å². The third-order valence-corrected chi connectivity index (χ3v) is 3.20. The van der Waals surface area contributed by atoms with Crippen molar-refractivity contribution < 1.29 is 13.9 Å². The molecule has 2 N–H and O–H groups in total. The highest BCUT2D eigenvalue weighted by Crippen LogP contribution is 2.27. The van der Waals surface area contributed by atoms with Crippen LogP contribution in [0.4, 0.5) is 10.1 Å². The summed E-state index contributed by atoms with van der Waals surface area (Å²) in [5.41, 5.74) is 5.78. The molecule has 5 nitrogen and oxygen atoms in total. The highest BCUT2D eigenvalue weighted by atomic mass is 79.9. The van der Waals surface area contributed by atoms with Crippen LogP contribution >= 0.6 is 15.9 Å². The van der Waals surface area contributed by atoms with Crippen molar-refractivity contribution in [1.82, 2.24) is 4.57 Å². The van der Waals surface area contributed by atoms with Gasteiger partial charge in [-0.3, -0.25) is 0 Å². The van der Waals surface area contributed by atoms with Crippen LogP contribution in [0.15, 0.2) is 28.9 Å². The first-order valence-electron chi connectivity index (χ1n) is 5.44. The van der Waals surface area contributed by atoms with Gasteiger partial charge in [0.1, 0.15) is 11.9 Å². The number of hydrogen-bond acceptors (Lipinski definition) is 4. The molecule has 1 heterocycles. The van der Waals surface area contributed by atoms with Crippen molar-refractivity contribution in [1.29, 1.82) is 5.26 Å². The van der Waals surface area contributed by atoms with E-state index in [0.717, 1.165) is 0 Å². The summed E-state index contributed by atoms with van der Waals surface area (Å²) < 4.78 is 20.4. The number of carbonyl (C=O) groups is 1. The van der Waals surface area contributed by atoms with E-state index in [2.05, 4.69) is 20.7 Å². The largest absolute Gasteiger partial charge is 0.464 e. The van der Waals surface area contributed by atoms with Gasteiger partial charge in [-0.15, -0.1) is 0 Å². The Morgan fingerprint density at radius 3 is 2.85 bits per heavy atom.